The second-order valence-electron chi connectivity index (χ2n) is 7.20. The summed E-state index contributed by atoms with van der Waals surface area (Å²) in [5.74, 6) is -0.723. The zero-order chi connectivity index (χ0) is 21.2. The summed E-state index contributed by atoms with van der Waals surface area (Å²) in [4.78, 5) is 26.2. The predicted molar refractivity (Wildman–Crippen MR) is 109 cm³/mol. The second-order valence-corrected chi connectivity index (χ2v) is 8.97. The van der Waals surface area contributed by atoms with Crippen LogP contribution in [-0.2, 0) is 29.8 Å². The molecule has 1 amide bonds. The smallest absolute Gasteiger partial charge is 0.302 e. The van der Waals surface area contributed by atoms with Crippen molar-refractivity contribution >= 4 is 27.6 Å². The lowest BCUT2D eigenvalue weighted by atomic mass is 9.79. The van der Waals surface area contributed by atoms with E-state index in [1.165, 1.54) is 24.0 Å². The van der Waals surface area contributed by atoms with Gasteiger partial charge in [-0.05, 0) is 37.1 Å². The van der Waals surface area contributed by atoms with Crippen LogP contribution in [0.1, 0.15) is 24.5 Å². The van der Waals surface area contributed by atoms with E-state index >= 15 is 0 Å². The van der Waals surface area contributed by atoms with Crippen molar-refractivity contribution in [2.24, 2.45) is 0 Å². The first-order valence-corrected chi connectivity index (χ1v) is 10.7. The summed E-state index contributed by atoms with van der Waals surface area (Å²) < 4.78 is 33.0. The Bertz CT molecular complexity index is 1030. The molecule has 0 aromatic heterocycles. The van der Waals surface area contributed by atoms with Crippen molar-refractivity contribution in [3.05, 3.63) is 59.7 Å². The van der Waals surface area contributed by atoms with Gasteiger partial charge in [-0.25, -0.2) is 13.1 Å². The molecule has 8 heteroatoms. The van der Waals surface area contributed by atoms with E-state index in [0.29, 0.717) is 0 Å². The van der Waals surface area contributed by atoms with Gasteiger partial charge in [0.25, 0.3) is 0 Å². The van der Waals surface area contributed by atoms with Crippen molar-refractivity contribution in [2.45, 2.75) is 30.6 Å². The maximum Gasteiger partial charge on any atom is 0.302 e. The van der Waals surface area contributed by atoms with Crippen LogP contribution < -0.4 is 9.62 Å². The summed E-state index contributed by atoms with van der Waals surface area (Å²) in [7, 11) is -2.06. The lowest BCUT2D eigenvalue weighted by Gasteiger charge is -2.27. The van der Waals surface area contributed by atoms with Gasteiger partial charge in [-0.3, -0.25) is 9.59 Å². The number of carbonyl (C=O) groups excluding carboxylic acids is 2. The minimum absolute atomic E-state index is 0.0192. The van der Waals surface area contributed by atoms with Crippen molar-refractivity contribution in [3.63, 3.8) is 0 Å². The number of esters is 1. The third kappa shape index (κ3) is 4.04. The lowest BCUT2D eigenvalue weighted by molar-refractivity contribution is -0.144. The second kappa shape index (κ2) is 7.96. The molecule has 0 aliphatic carbocycles. The summed E-state index contributed by atoms with van der Waals surface area (Å²) in [6.45, 7) is 3.03. The molecule has 1 heterocycles. The number of hydrogen-bond acceptors (Lipinski definition) is 5. The number of para-hydroxylation sites is 1. The molecule has 0 spiro atoms. The first-order valence-electron chi connectivity index (χ1n) is 9.25. The Morgan fingerprint density at radius 3 is 2.45 bits per heavy atom. The van der Waals surface area contributed by atoms with Crippen molar-refractivity contribution in [1.29, 1.82) is 0 Å². The monoisotopic (exact) mass is 416 g/mol. The van der Waals surface area contributed by atoms with Gasteiger partial charge in [0.1, 0.15) is 12.0 Å². The molecule has 154 valence electrons. The van der Waals surface area contributed by atoms with E-state index in [4.69, 9.17) is 4.74 Å². The number of nitrogens with one attached hydrogen (secondary N) is 1. The number of likely N-dealkylation sites (N-methyl/N-ethyl adjacent to an activating group) is 1. The summed E-state index contributed by atoms with van der Waals surface area (Å²) >= 11 is 0. The van der Waals surface area contributed by atoms with E-state index in [1.54, 1.807) is 19.2 Å². The molecule has 1 aliphatic rings. The minimum atomic E-state index is -3.72. The van der Waals surface area contributed by atoms with Gasteiger partial charge in [0.05, 0.1) is 4.90 Å². The van der Waals surface area contributed by atoms with Crippen molar-refractivity contribution in [3.8, 4) is 0 Å². The molecule has 7 nitrogen and oxygen atoms in total. The van der Waals surface area contributed by atoms with Gasteiger partial charge in [-0.2, -0.15) is 0 Å². The third-order valence-electron chi connectivity index (χ3n) is 5.19. The molecule has 0 saturated heterocycles. The van der Waals surface area contributed by atoms with Crippen molar-refractivity contribution < 1.29 is 22.7 Å². The highest BCUT2D eigenvalue weighted by atomic mass is 32.2. The molecule has 3 rings (SSSR count). The Hall–Kier alpha value is -2.71. The number of ether oxygens (including phenoxy) is 1. The molecule has 2 aromatic rings. The zero-order valence-corrected chi connectivity index (χ0v) is 17.5. The fourth-order valence-corrected chi connectivity index (χ4v) is 4.63. The average Bonchev–Trinajstić information content (AvgIpc) is 2.89. The van der Waals surface area contributed by atoms with Crippen LogP contribution in [0.5, 0.6) is 0 Å². The highest BCUT2D eigenvalue weighted by molar-refractivity contribution is 7.89. The molecule has 0 unspecified atom stereocenters. The molecule has 0 radical (unpaired) electrons. The molecule has 0 fully saturated rings. The fourth-order valence-electron chi connectivity index (χ4n) is 3.59. The number of rotatable bonds is 7. The van der Waals surface area contributed by atoms with Gasteiger partial charge in [0.2, 0.25) is 15.9 Å². The summed E-state index contributed by atoms with van der Waals surface area (Å²) in [5.41, 5.74) is 1.28. The zero-order valence-electron chi connectivity index (χ0n) is 16.6. The number of sulfonamides is 1. The normalized spacial score (nSPS) is 18.6. The lowest BCUT2D eigenvalue weighted by Crippen LogP contribution is -2.45. The predicted octanol–water partition coefficient (Wildman–Crippen LogP) is 2.14. The molecular formula is C21H24N2O5S. The SMILES string of the molecule is CC(=O)OC[C@]1(CCNS(=O)(=O)c2ccc(C)cc2)C(=O)N(C)c2ccccc21. The van der Waals surface area contributed by atoms with E-state index in [9.17, 15) is 18.0 Å². The number of fused-ring (bicyclic) bond motifs is 1. The van der Waals surface area contributed by atoms with Gasteiger partial charge >= 0.3 is 5.97 Å². The molecular weight excluding hydrogens is 392 g/mol. The third-order valence-corrected chi connectivity index (χ3v) is 6.67. The molecule has 1 aliphatic heterocycles. The van der Waals surface area contributed by atoms with Crippen LogP contribution >= 0.6 is 0 Å². The number of carbonyl (C=O) groups is 2. The van der Waals surface area contributed by atoms with Crippen LogP contribution in [0.4, 0.5) is 5.69 Å². The Labute approximate surface area is 170 Å². The highest BCUT2D eigenvalue weighted by Crippen LogP contribution is 2.43. The van der Waals surface area contributed by atoms with Crippen LogP contribution in [0.15, 0.2) is 53.4 Å². The summed E-state index contributed by atoms with van der Waals surface area (Å²) in [5, 5.41) is 0. The minimum Gasteiger partial charge on any atom is -0.464 e. The van der Waals surface area contributed by atoms with Crippen molar-refractivity contribution in [2.75, 3.05) is 25.1 Å². The molecule has 1 N–H and O–H groups in total. The summed E-state index contributed by atoms with van der Waals surface area (Å²) in [6.07, 6.45) is 0.158. The van der Waals surface area contributed by atoms with Crippen LogP contribution in [0.2, 0.25) is 0 Å². The molecule has 29 heavy (non-hydrogen) atoms. The van der Waals surface area contributed by atoms with Gasteiger partial charge in [-0.15, -0.1) is 0 Å². The average molecular weight is 416 g/mol. The maximum absolute atomic E-state index is 13.1. The Kier molecular flexibility index (Phi) is 5.77. The number of hydrogen-bond donors (Lipinski definition) is 1. The number of amides is 1. The number of nitrogens with zero attached hydrogens (tertiary/aromatic N) is 1. The number of benzene rings is 2. The largest absolute Gasteiger partial charge is 0.464 e. The molecule has 2 aromatic carbocycles. The van der Waals surface area contributed by atoms with E-state index in [0.717, 1.165) is 16.8 Å². The van der Waals surface area contributed by atoms with Crippen LogP contribution in [0.3, 0.4) is 0 Å². The van der Waals surface area contributed by atoms with Crippen molar-refractivity contribution in [1.82, 2.24) is 4.72 Å². The Morgan fingerprint density at radius 2 is 1.79 bits per heavy atom. The quantitative estimate of drug-likeness (QED) is 0.698. The van der Waals surface area contributed by atoms with Gasteiger partial charge in [-0.1, -0.05) is 35.9 Å². The number of anilines is 1. The highest BCUT2D eigenvalue weighted by Gasteiger charge is 2.50. The first kappa shape index (κ1) is 21.0. The van der Waals surface area contributed by atoms with E-state index in [1.807, 2.05) is 31.2 Å². The molecule has 0 bridgehead atoms. The standard InChI is InChI=1S/C21H24N2O5S/c1-15-8-10-17(11-9-15)29(26,27)22-13-12-21(14-28-16(2)24)18-6-4-5-7-19(18)23(3)20(21)25/h4-11,22H,12-14H2,1-3H3/t21-/m0/s1. The molecule has 0 saturated carbocycles. The van der Waals surface area contributed by atoms with Gasteiger partial charge in [0.15, 0.2) is 0 Å². The van der Waals surface area contributed by atoms with Crippen LogP contribution in [0, 0.1) is 6.92 Å². The van der Waals surface area contributed by atoms with Gasteiger partial charge in [0, 0.05) is 26.2 Å². The summed E-state index contributed by atoms with van der Waals surface area (Å²) in [6, 6.07) is 13.8. The van der Waals surface area contributed by atoms with E-state index in [2.05, 4.69) is 4.72 Å². The fraction of sp³-hybridized carbons (Fsp3) is 0.333. The Morgan fingerprint density at radius 1 is 1.14 bits per heavy atom. The Balaban J connectivity index is 1.85. The van der Waals surface area contributed by atoms with E-state index < -0.39 is 21.4 Å². The topological polar surface area (TPSA) is 92.8 Å². The van der Waals surface area contributed by atoms with Crippen LogP contribution in [-0.4, -0.2) is 40.5 Å². The number of aryl methyl sites for hydroxylation is 1. The van der Waals surface area contributed by atoms with Gasteiger partial charge < -0.3 is 9.64 Å². The first-order chi connectivity index (χ1) is 13.7. The molecule has 1 atom stereocenters. The van der Waals surface area contributed by atoms with E-state index in [-0.39, 0.29) is 30.4 Å². The maximum atomic E-state index is 13.1. The van der Waals surface area contributed by atoms with Crippen LogP contribution in [0.25, 0.3) is 0 Å².